The third-order valence-electron chi connectivity index (χ3n) is 7.29. The van der Waals surface area contributed by atoms with Gasteiger partial charge in [0.05, 0.1) is 24.2 Å². The topological polar surface area (TPSA) is 133 Å². The summed E-state index contributed by atoms with van der Waals surface area (Å²) >= 11 is 0. The lowest BCUT2D eigenvalue weighted by molar-refractivity contribution is -0.151. The van der Waals surface area contributed by atoms with Crippen LogP contribution in [0.2, 0.25) is 0 Å². The first-order chi connectivity index (χ1) is 20.1. The maximum atomic E-state index is 15.2. The first kappa shape index (κ1) is 31.5. The van der Waals surface area contributed by atoms with Crippen molar-refractivity contribution in [3.8, 4) is 5.69 Å². The molecule has 1 N–H and O–H groups in total. The van der Waals surface area contributed by atoms with Gasteiger partial charge in [0, 0.05) is 30.4 Å². The molecule has 228 valence electrons. The molecular formula is C27H30ClF2N9O4. The number of tetrazole rings is 1. The number of aromatic nitrogens is 4. The van der Waals surface area contributed by atoms with Crippen LogP contribution in [0.1, 0.15) is 26.3 Å². The Kier molecular flexibility index (Phi) is 9.38. The largest absolute Gasteiger partial charge is 1.00 e. The summed E-state index contributed by atoms with van der Waals surface area (Å²) in [6, 6.07) is 8.60. The first-order valence-electron chi connectivity index (χ1n) is 13.3. The van der Waals surface area contributed by atoms with Crippen molar-refractivity contribution in [2.45, 2.75) is 32.4 Å². The highest BCUT2D eigenvalue weighted by atomic mass is 35.5. The Morgan fingerprint density at radius 3 is 2.49 bits per heavy atom. The van der Waals surface area contributed by atoms with Crippen LogP contribution in [0, 0.1) is 17.6 Å². The second-order valence-electron chi connectivity index (χ2n) is 10.4. The van der Waals surface area contributed by atoms with E-state index in [0.717, 1.165) is 6.07 Å². The lowest BCUT2D eigenvalue weighted by Crippen LogP contribution is -3.00. The number of nitrogens with zero attached hydrogens (tertiary/aromatic N) is 9. The van der Waals surface area contributed by atoms with Gasteiger partial charge in [0.2, 0.25) is 6.73 Å². The molecule has 3 aromatic rings. The van der Waals surface area contributed by atoms with E-state index >= 15 is 4.39 Å². The van der Waals surface area contributed by atoms with Crippen LogP contribution in [0.4, 0.5) is 19.3 Å². The maximum Gasteiger partial charge on any atom is 0.547 e. The normalized spacial score (nSPS) is 16.8. The molecule has 0 bridgehead atoms. The van der Waals surface area contributed by atoms with Gasteiger partial charge >= 0.3 is 18.3 Å². The minimum atomic E-state index is -2.01. The molecule has 1 aromatic heterocycles. The SMILES string of the molecule is CC(C)C(=O)OCN1[C+]=NN(C[C@@](O)(c2ccc(F)cc2F)[C@@H](C)N2CCN(c3ccc(-n4cnnn4)cc3)C2=O)C1.[Cl-]. The van der Waals surface area contributed by atoms with Gasteiger partial charge in [-0.3, -0.25) is 9.69 Å². The van der Waals surface area contributed by atoms with Crippen LogP contribution in [0.3, 0.4) is 0 Å². The summed E-state index contributed by atoms with van der Waals surface area (Å²) in [6.45, 7) is 5.30. The molecule has 2 aromatic carbocycles. The summed E-state index contributed by atoms with van der Waals surface area (Å²) in [7, 11) is 0. The zero-order valence-electron chi connectivity index (χ0n) is 23.6. The van der Waals surface area contributed by atoms with Crippen molar-refractivity contribution in [1.82, 2.24) is 35.0 Å². The predicted octanol–water partition coefficient (Wildman–Crippen LogP) is -0.985. The summed E-state index contributed by atoms with van der Waals surface area (Å²) in [5.74, 6) is -2.46. The molecule has 0 radical (unpaired) electrons. The highest BCUT2D eigenvalue weighted by Crippen LogP contribution is 2.35. The van der Waals surface area contributed by atoms with E-state index in [2.05, 4.69) is 27.0 Å². The molecule has 0 aliphatic carbocycles. The molecule has 0 saturated carbocycles. The van der Waals surface area contributed by atoms with Gasteiger partial charge in [0.15, 0.2) is 6.67 Å². The van der Waals surface area contributed by atoms with E-state index in [1.54, 1.807) is 49.9 Å². The molecule has 1 fully saturated rings. The van der Waals surface area contributed by atoms with Crippen LogP contribution in [0.25, 0.3) is 5.69 Å². The Morgan fingerprint density at radius 1 is 1.12 bits per heavy atom. The third-order valence-corrected chi connectivity index (χ3v) is 7.29. The van der Waals surface area contributed by atoms with E-state index in [1.807, 2.05) is 0 Å². The van der Waals surface area contributed by atoms with Crippen molar-refractivity contribution in [1.29, 1.82) is 0 Å². The summed E-state index contributed by atoms with van der Waals surface area (Å²) in [4.78, 5) is 29.9. The fraction of sp³-hybridized carbons (Fsp3) is 0.407. The zero-order chi connectivity index (χ0) is 30.0. The van der Waals surface area contributed by atoms with Crippen LogP contribution in [-0.4, -0.2) is 97.5 Å². The Labute approximate surface area is 252 Å². The quantitative estimate of drug-likeness (QED) is 0.225. The first-order valence-corrected chi connectivity index (χ1v) is 13.3. The van der Waals surface area contributed by atoms with Gasteiger partial charge in [0.1, 0.15) is 28.7 Å². The average Bonchev–Trinajstić information content (AvgIpc) is 3.73. The number of hydrogen-bond acceptors (Lipinski definition) is 10. The van der Waals surface area contributed by atoms with Crippen molar-refractivity contribution < 1.29 is 40.6 Å². The fourth-order valence-electron chi connectivity index (χ4n) is 4.89. The molecule has 5 rings (SSSR count). The van der Waals surface area contributed by atoms with E-state index in [0.29, 0.717) is 24.0 Å². The van der Waals surface area contributed by atoms with Crippen molar-refractivity contribution in [2.75, 3.05) is 37.9 Å². The van der Waals surface area contributed by atoms with Crippen molar-refractivity contribution in [3.05, 3.63) is 66.0 Å². The third kappa shape index (κ3) is 6.48. The minimum absolute atomic E-state index is 0. The Balaban J connectivity index is 0.00000423. The maximum absolute atomic E-state index is 15.2. The number of urea groups is 1. The molecule has 0 unspecified atom stereocenters. The van der Waals surface area contributed by atoms with E-state index in [4.69, 9.17) is 4.74 Å². The zero-order valence-corrected chi connectivity index (χ0v) is 24.4. The molecule has 0 spiro atoms. The lowest BCUT2D eigenvalue weighted by atomic mass is 9.85. The number of anilines is 1. The van der Waals surface area contributed by atoms with Gasteiger partial charge in [-0.15, -0.1) is 5.10 Å². The highest BCUT2D eigenvalue weighted by Gasteiger charge is 2.48. The number of amides is 2. The molecule has 2 atom stereocenters. The van der Waals surface area contributed by atoms with Crippen molar-refractivity contribution in [2.24, 2.45) is 11.0 Å². The van der Waals surface area contributed by atoms with E-state index in [9.17, 15) is 19.1 Å². The van der Waals surface area contributed by atoms with E-state index < -0.39 is 35.3 Å². The molecule has 2 aliphatic rings. The Morgan fingerprint density at radius 2 is 1.84 bits per heavy atom. The highest BCUT2D eigenvalue weighted by molar-refractivity contribution is 5.94. The minimum Gasteiger partial charge on any atom is -1.00 e. The molecule has 3 heterocycles. The number of benzene rings is 2. The monoisotopic (exact) mass is 617 g/mol. The number of hydrazone groups is 1. The molecule has 2 amide bonds. The average molecular weight is 618 g/mol. The molecule has 2 aliphatic heterocycles. The Hall–Kier alpha value is -4.46. The van der Waals surface area contributed by atoms with Crippen LogP contribution in [-0.2, 0) is 15.1 Å². The summed E-state index contributed by atoms with van der Waals surface area (Å²) in [5, 5.41) is 28.8. The van der Waals surface area contributed by atoms with Gasteiger partial charge in [-0.25, -0.2) is 23.3 Å². The van der Waals surface area contributed by atoms with Crippen LogP contribution < -0.4 is 17.3 Å². The van der Waals surface area contributed by atoms with E-state index in [-0.39, 0.29) is 50.4 Å². The second kappa shape index (κ2) is 12.8. The standard InChI is InChI=1S/C27H30F2N9O4.ClH/c1-18(2)25(39)42-17-34-15-31-35(16-34)13-27(41,23-9-4-20(28)12-24(23)29)19(3)36-10-11-37(26(36)40)21-5-7-22(8-6-21)38-14-30-32-33-38;/h4-9,12,14,18-19,41H,10-11,13,16-17H2,1-3H3;1H/q+1;/p-1/t19-,27+;/m1./s1. The number of carbonyl (C=O) groups excluding carboxylic acids is 2. The smallest absolute Gasteiger partial charge is 0.547 e. The number of halogens is 3. The summed E-state index contributed by atoms with van der Waals surface area (Å²) in [6.07, 6.45) is 4.15. The number of rotatable bonds is 10. The number of hydrogen-bond donors (Lipinski definition) is 1. The molecule has 1 saturated heterocycles. The summed E-state index contributed by atoms with van der Waals surface area (Å²) < 4.78 is 35.7. The van der Waals surface area contributed by atoms with Gasteiger partial charge < -0.3 is 27.2 Å². The lowest BCUT2D eigenvalue weighted by Gasteiger charge is -2.40. The number of carbonyl (C=O) groups is 2. The second-order valence-corrected chi connectivity index (χ2v) is 10.4. The molecule has 43 heavy (non-hydrogen) atoms. The number of β-amino-alcohol motifs (C(OH)–C–C–N with tert-alkyl or cyclic N) is 1. The Bertz CT molecular complexity index is 1460. The van der Waals surface area contributed by atoms with Crippen molar-refractivity contribution in [3.63, 3.8) is 0 Å². The fourth-order valence-corrected chi connectivity index (χ4v) is 4.89. The van der Waals surface area contributed by atoms with Gasteiger partial charge in [-0.05, 0) is 47.7 Å². The van der Waals surface area contributed by atoms with Gasteiger partial charge in [0.25, 0.3) is 0 Å². The van der Waals surface area contributed by atoms with Crippen molar-refractivity contribution >= 4 is 24.0 Å². The van der Waals surface area contributed by atoms with Gasteiger partial charge in [-0.1, -0.05) is 24.8 Å². The van der Waals surface area contributed by atoms with Gasteiger partial charge in [-0.2, -0.15) is 0 Å². The van der Waals surface area contributed by atoms with Crippen LogP contribution in [0.15, 0.2) is 53.9 Å². The number of ether oxygens (including phenoxy) is 1. The van der Waals surface area contributed by atoms with Crippen LogP contribution >= 0.6 is 0 Å². The molecule has 13 nitrogen and oxygen atoms in total. The number of aliphatic hydroxyl groups is 1. The predicted molar refractivity (Wildman–Crippen MR) is 145 cm³/mol. The summed E-state index contributed by atoms with van der Waals surface area (Å²) in [5.41, 5.74) is -0.872. The molecular weight excluding hydrogens is 588 g/mol. The number of esters is 1. The van der Waals surface area contributed by atoms with E-state index in [1.165, 1.54) is 31.9 Å². The molecule has 16 heteroatoms. The van der Waals surface area contributed by atoms with Crippen LogP contribution in [0.5, 0.6) is 0 Å².